The number of aliphatic hydroxyl groups excluding tert-OH is 2. The van der Waals surface area contributed by atoms with E-state index in [0.29, 0.717) is 103 Å². The molecule has 0 aromatic heterocycles. The summed E-state index contributed by atoms with van der Waals surface area (Å²) in [6, 6.07) is -3.02. The average Bonchev–Trinajstić information content (AvgIpc) is 3.39. The Hall–Kier alpha value is -4.07. The summed E-state index contributed by atoms with van der Waals surface area (Å²) < 4.78 is 0. The molecule has 5 amide bonds. The molecule has 0 aliphatic carbocycles. The first-order valence-corrected chi connectivity index (χ1v) is 28.7. The van der Waals surface area contributed by atoms with Gasteiger partial charge < -0.3 is 59.3 Å². The molecule has 1 unspecified atom stereocenters. The molecule has 0 bridgehead atoms. The molecule has 0 radical (unpaired) electrons. The maximum Gasteiger partial charge on any atom is 0.237 e. The van der Waals surface area contributed by atoms with E-state index in [0.717, 1.165) is 51.4 Å². The van der Waals surface area contributed by atoms with Crippen molar-refractivity contribution in [3.63, 3.8) is 0 Å². The first-order valence-electron chi connectivity index (χ1n) is 28.7. The van der Waals surface area contributed by atoms with Crippen LogP contribution in [0.2, 0.25) is 0 Å². The van der Waals surface area contributed by atoms with E-state index in [2.05, 4.69) is 40.3 Å². The number of rotatable bonds is 51. The van der Waals surface area contributed by atoms with Crippen molar-refractivity contribution in [2.75, 3.05) is 59.0 Å². The zero-order valence-corrected chi connectivity index (χ0v) is 46.1. The van der Waals surface area contributed by atoms with Crippen LogP contribution < -0.4 is 44.2 Å². The van der Waals surface area contributed by atoms with Crippen molar-refractivity contribution in [1.82, 2.24) is 26.2 Å². The van der Waals surface area contributed by atoms with Crippen LogP contribution in [0.3, 0.4) is 0 Å². The van der Waals surface area contributed by atoms with E-state index in [-0.39, 0.29) is 62.4 Å². The van der Waals surface area contributed by atoms with Crippen LogP contribution in [0.4, 0.5) is 0 Å². The Morgan fingerprint density at radius 2 is 1.08 bits per heavy atom. The number of hydrogen-bond acceptors (Lipinski definition) is 13. The molecule has 14 N–H and O–H groups in total. The van der Waals surface area contributed by atoms with Gasteiger partial charge in [0.05, 0.1) is 37.1 Å². The molecule has 428 valence electrons. The molecular formula is C56H105N9O9. The van der Waals surface area contributed by atoms with Gasteiger partial charge in [-0.2, -0.15) is 0 Å². The number of nitrogens with zero attached hydrogens (tertiary/aromatic N) is 1. The van der Waals surface area contributed by atoms with Crippen LogP contribution >= 0.6 is 0 Å². The molecule has 74 heavy (non-hydrogen) atoms. The van der Waals surface area contributed by atoms with Crippen molar-refractivity contribution in [1.29, 1.82) is 0 Å². The second kappa shape index (κ2) is 48.6. The van der Waals surface area contributed by atoms with Crippen molar-refractivity contribution in [2.24, 2.45) is 34.8 Å². The number of ketones is 2. The minimum atomic E-state index is -1.28. The Morgan fingerprint density at radius 1 is 0.514 bits per heavy atom. The zero-order valence-electron chi connectivity index (χ0n) is 46.1. The van der Waals surface area contributed by atoms with Crippen molar-refractivity contribution in [2.45, 2.75) is 218 Å². The standard InChI is InChI=1S/C56H105N9O9/c1-3-5-7-9-10-11-12-13-14-15-16-17-18-19-21-32-53(71)62-38-28-40-65(39-27-26-37-61-52(70)31-20-8-6-4-2)56(74)45(33-34-50(68)49(44-67)64-55(73)48(60)30-23-25-36-58)42-63-54(72)46(43-66)41-51(69)47(59)29-22-24-35-57/h6,8,13-14,45-49,66-67H,3-5,7,9-12,15-44,57-60H2,1-2H3,(H,61,70)(H,62,71)(H,63,72)(H,64,73)/b8-6-,14-13-/t45?,46-,47-,48-,49-/m0/s1. The van der Waals surface area contributed by atoms with Crippen LogP contribution in [0, 0.1) is 11.8 Å². The van der Waals surface area contributed by atoms with Crippen LogP contribution in [0.15, 0.2) is 24.3 Å². The molecule has 0 saturated carbocycles. The van der Waals surface area contributed by atoms with Crippen molar-refractivity contribution >= 4 is 41.1 Å². The largest absolute Gasteiger partial charge is 0.396 e. The molecule has 5 atom stereocenters. The molecule has 0 fully saturated rings. The topological polar surface area (TPSA) is 315 Å². The second-order valence-corrected chi connectivity index (χ2v) is 19.9. The van der Waals surface area contributed by atoms with Gasteiger partial charge in [0, 0.05) is 58.4 Å². The number of carbonyl (C=O) groups excluding carboxylic acids is 7. The third-order valence-electron chi connectivity index (χ3n) is 13.2. The summed E-state index contributed by atoms with van der Waals surface area (Å²) in [6.07, 6.45) is 30.3. The number of carbonyl (C=O) groups is 7. The lowest BCUT2D eigenvalue weighted by Gasteiger charge is -2.29. The van der Waals surface area contributed by atoms with Gasteiger partial charge in [-0.15, -0.1) is 0 Å². The van der Waals surface area contributed by atoms with E-state index in [1.807, 2.05) is 19.1 Å². The first-order chi connectivity index (χ1) is 35.8. The molecule has 0 rings (SSSR count). The number of nitrogens with two attached hydrogens (primary N) is 4. The van der Waals surface area contributed by atoms with Crippen LogP contribution in [0.1, 0.15) is 200 Å². The molecule has 0 aliphatic rings. The maximum atomic E-state index is 14.6. The summed E-state index contributed by atoms with van der Waals surface area (Å²) in [5, 5.41) is 31.5. The van der Waals surface area contributed by atoms with E-state index < -0.39 is 60.8 Å². The summed E-state index contributed by atoms with van der Waals surface area (Å²) in [5.74, 6) is -4.81. The third kappa shape index (κ3) is 37.6. The highest BCUT2D eigenvalue weighted by Gasteiger charge is 2.30. The van der Waals surface area contributed by atoms with E-state index in [9.17, 15) is 43.8 Å². The van der Waals surface area contributed by atoms with Crippen molar-refractivity contribution in [3.05, 3.63) is 24.3 Å². The Labute approximate surface area is 445 Å². The molecule has 0 aliphatic heterocycles. The van der Waals surface area contributed by atoms with Gasteiger partial charge in [-0.3, -0.25) is 33.6 Å². The lowest BCUT2D eigenvalue weighted by Crippen LogP contribution is -2.50. The number of unbranched alkanes of at least 4 members (excludes halogenated alkanes) is 14. The molecule has 0 spiro atoms. The minimum Gasteiger partial charge on any atom is -0.396 e. The minimum absolute atomic E-state index is 0.0592. The monoisotopic (exact) mass is 1050 g/mol. The molecule has 0 aromatic carbocycles. The van der Waals surface area contributed by atoms with Gasteiger partial charge in [-0.1, -0.05) is 102 Å². The highest BCUT2D eigenvalue weighted by atomic mass is 16.3. The molecule has 18 nitrogen and oxygen atoms in total. The SMILES string of the molecule is CC/C=C\CCC(=O)NCCCCN(CCCNC(=O)CCCCCCC/C=C\CCCCCCCC)C(=O)C(CCC(=O)[C@H](CO)NC(=O)[C@@H](N)CCCCN)CNC(=O)[C@H](CO)CC(=O)[C@@H](N)CCCCN. The number of hydrogen-bond donors (Lipinski definition) is 10. The summed E-state index contributed by atoms with van der Waals surface area (Å²) >= 11 is 0. The van der Waals surface area contributed by atoms with Gasteiger partial charge in [0.25, 0.3) is 0 Å². The Morgan fingerprint density at radius 3 is 1.69 bits per heavy atom. The van der Waals surface area contributed by atoms with Crippen molar-refractivity contribution in [3.8, 4) is 0 Å². The number of amides is 5. The number of Topliss-reactive ketones (excluding diaryl/α,β-unsaturated/α-hetero) is 2. The quantitative estimate of drug-likeness (QED) is 0.0282. The molecular weight excluding hydrogens is 943 g/mol. The van der Waals surface area contributed by atoms with E-state index >= 15 is 0 Å². The Kier molecular flexibility index (Phi) is 45.9. The average molecular weight is 1050 g/mol. The fraction of sp³-hybridized carbons (Fsp3) is 0.804. The maximum absolute atomic E-state index is 14.6. The lowest BCUT2D eigenvalue weighted by atomic mass is 9.94. The molecule has 18 heteroatoms. The summed E-state index contributed by atoms with van der Waals surface area (Å²) in [5.41, 5.74) is 23.3. The fourth-order valence-corrected chi connectivity index (χ4v) is 8.40. The fourth-order valence-electron chi connectivity index (χ4n) is 8.40. The van der Waals surface area contributed by atoms with Gasteiger partial charge in [-0.05, 0) is 109 Å². The highest BCUT2D eigenvalue weighted by Crippen LogP contribution is 2.16. The Balaban J connectivity index is 5.89. The van der Waals surface area contributed by atoms with E-state index in [1.165, 1.54) is 38.5 Å². The number of nitrogens with one attached hydrogen (secondary N) is 4. The first kappa shape index (κ1) is 69.9. The smallest absolute Gasteiger partial charge is 0.237 e. The molecule has 0 heterocycles. The van der Waals surface area contributed by atoms with Gasteiger partial charge in [0.15, 0.2) is 5.78 Å². The lowest BCUT2D eigenvalue weighted by molar-refractivity contribution is -0.137. The summed E-state index contributed by atoms with van der Waals surface area (Å²) in [6.45, 7) is 4.83. The molecule has 0 aromatic rings. The van der Waals surface area contributed by atoms with Crippen LogP contribution in [-0.4, -0.2) is 133 Å². The number of aliphatic hydroxyl groups is 2. The van der Waals surface area contributed by atoms with E-state index in [4.69, 9.17) is 22.9 Å². The molecule has 0 saturated heterocycles. The summed E-state index contributed by atoms with van der Waals surface area (Å²) in [7, 11) is 0. The third-order valence-corrected chi connectivity index (χ3v) is 13.2. The Bertz CT molecular complexity index is 1510. The second-order valence-electron chi connectivity index (χ2n) is 19.9. The van der Waals surface area contributed by atoms with Crippen molar-refractivity contribution < 1.29 is 43.8 Å². The van der Waals surface area contributed by atoms with Crippen LogP contribution in [0.25, 0.3) is 0 Å². The van der Waals surface area contributed by atoms with Gasteiger partial charge >= 0.3 is 0 Å². The number of allylic oxidation sites excluding steroid dienone is 4. The predicted molar refractivity (Wildman–Crippen MR) is 296 cm³/mol. The highest BCUT2D eigenvalue weighted by molar-refractivity contribution is 5.92. The van der Waals surface area contributed by atoms with Crippen LogP contribution in [0.5, 0.6) is 0 Å². The predicted octanol–water partition coefficient (Wildman–Crippen LogP) is 5.04. The zero-order chi connectivity index (χ0) is 55.0. The normalized spacial score (nSPS) is 13.6. The van der Waals surface area contributed by atoms with Gasteiger partial charge in [0.2, 0.25) is 29.5 Å². The van der Waals surface area contributed by atoms with Gasteiger partial charge in [0.1, 0.15) is 11.8 Å². The van der Waals surface area contributed by atoms with E-state index in [1.54, 1.807) is 4.90 Å². The summed E-state index contributed by atoms with van der Waals surface area (Å²) in [4.78, 5) is 94.3. The van der Waals surface area contributed by atoms with Crippen LogP contribution in [-0.2, 0) is 33.6 Å². The van der Waals surface area contributed by atoms with Gasteiger partial charge in [-0.25, -0.2) is 0 Å².